The summed E-state index contributed by atoms with van der Waals surface area (Å²) in [5.74, 6) is 0. The number of anilines is 2. The number of aromatic nitrogens is 2. The largest absolute Gasteiger partial charge is 0.330 e. The summed E-state index contributed by atoms with van der Waals surface area (Å²) < 4.78 is 0.847. The first-order valence-corrected chi connectivity index (χ1v) is 7.14. The minimum Gasteiger partial charge on any atom is -0.330 e. The van der Waals surface area contributed by atoms with Gasteiger partial charge in [-0.3, -0.25) is 4.98 Å². The Kier molecular flexibility index (Phi) is 3.01. The fourth-order valence-corrected chi connectivity index (χ4v) is 2.93. The van der Waals surface area contributed by atoms with Gasteiger partial charge in [-0.05, 0) is 35.0 Å². The zero-order valence-electron chi connectivity index (χ0n) is 9.64. The van der Waals surface area contributed by atoms with Gasteiger partial charge in [0.2, 0.25) is 0 Å². The van der Waals surface area contributed by atoms with Crippen LogP contribution >= 0.6 is 27.3 Å². The van der Waals surface area contributed by atoms with Crippen LogP contribution in [0, 0.1) is 6.92 Å². The zero-order chi connectivity index (χ0) is 12.5. The highest BCUT2D eigenvalue weighted by Crippen LogP contribution is 2.28. The van der Waals surface area contributed by atoms with E-state index in [1.54, 1.807) is 11.3 Å². The first kappa shape index (κ1) is 11.6. The van der Waals surface area contributed by atoms with Crippen molar-refractivity contribution in [3.8, 4) is 0 Å². The fraction of sp³-hybridized carbons (Fsp3) is 0.0769. The molecule has 5 heteroatoms. The zero-order valence-corrected chi connectivity index (χ0v) is 12.0. The number of hydrogen-bond acceptors (Lipinski definition) is 4. The second-order valence-corrected chi connectivity index (χ2v) is 5.60. The number of nitrogens with one attached hydrogen (secondary N) is 1. The van der Waals surface area contributed by atoms with Crippen LogP contribution in [0.2, 0.25) is 0 Å². The van der Waals surface area contributed by atoms with Crippen molar-refractivity contribution in [1.82, 2.24) is 9.97 Å². The SMILES string of the molecule is Cc1ccc2cccc(Nc3nc(Br)cs3)c2n1. The number of rotatable bonds is 2. The van der Waals surface area contributed by atoms with E-state index in [0.717, 1.165) is 32.0 Å². The van der Waals surface area contributed by atoms with Crippen LogP contribution < -0.4 is 5.32 Å². The normalized spacial score (nSPS) is 10.8. The summed E-state index contributed by atoms with van der Waals surface area (Å²) in [6, 6.07) is 10.2. The highest BCUT2D eigenvalue weighted by atomic mass is 79.9. The van der Waals surface area contributed by atoms with Gasteiger partial charge in [-0.25, -0.2) is 4.98 Å². The van der Waals surface area contributed by atoms with Crippen LogP contribution in [0.1, 0.15) is 5.69 Å². The molecule has 18 heavy (non-hydrogen) atoms. The molecule has 0 aliphatic heterocycles. The number of aryl methyl sites for hydroxylation is 1. The van der Waals surface area contributed by atoms with E-state index < -0.39 is 0 Å². The van der Waals surface area contributed by atoms with Gasteiger partial charge in [0.15, 0.2) is 5.13 Å². The second kappa shape index (κ2) is 4.66. The smallest absolute Gasteiger partial charge is 0.188 e. The number of halogens is 1. The predicted octanol–water partition coefficient (Wildman–Crippen LogP) is 4.51. The Morgan fingerprint density at radius 3 is 2.83 bits per heavy atom. The quantitative estimate of drug-likeness (QED) is 0.755. The number of hydrogen-bond donors (Lipinski definition) is 1. The van der Waals surface area contributed by atoms with Crippen LogP contribution in [0.25, 0.3) is 10.9 Å². The van der Waals surface area contributed by atoms with Crippen LogP contribution in [-0.4, -0.2) is 9.97 Å². The standard InChI is InChI=1S/C13H10BrN3S/c1-8-5-6-9-3-2-4-10(12(9)15-8)16-13-17-11(14)7-18-13/h2-7H,1H3,(H,16,17). The Bertz CT molecular complexity index is 708. The maximum atomic E-state index is 4.58. The van der Waals surface area contributed by atoms with Crippen LogP contribution in [0.5, 0.6) is 0 Å². The van der Waals surface area contributed by atoms with E-state index in [1.165, 1.54) is 0 Å². The molecule has 2 aromatic heterocycles. The average molecular weight is 320 g/mol. The Morgan fingerprint density at radius 2 is 2.06 bits per heavy atom. The lowest BCUT2D eigenvalue weighted by Gasteiger charge is -2.07. The molecule has 0 aliphatic carbocycles. The first-order valence-electron chi connectivity index (χ1n) is 5.47. The van der Waals surface area contributed by atoms with Gasteiger partial charge in [0.25, 0.3) is 0 Å². The van der Waals surface area contributed by atoms with E-state index in [1.807, 2.05) is 30.5 Å². The summed E-state index contributed by atoms with van der Waals surface area (Å²) >= 11 is 4.91. The molecule has 0 saturated heterocycles. The van der Waals surface area contributed by atoms with Crippen LogP contribution in [0.4, 0.5) is 10.8 Å². The highest BCUT2D eigenvalue weighted by Gasteiger charge is 2.05. The molecule has 0 saturated carbocycles. The molecule has 0 unspecified atom stereocenters. The summed E-state index contributed by atoms with van der Waals surface area (Å²) in [5, 5.41) is 7.25. The number of fused-ring (bicyclic) bond motifs is 1. The Labute approximate surface area is 117 Å². The summed E-state index contributed by atoms with van der Waals surface area (Å²) in [6.45, 7) is 2.00. The van der Waals surface area contributed by atoms with Gasteiger partial charge in [-0.1, -0.05) is 18.2 Å². The Balaban J connectivity index is 2.08. The van der Waals surface area contributed by atoms with Crippen molar-refractivity contribution < 1.29 is 0 Å². The molecule has 1 aromatic carbocycles. The summed E-state index contributed by atoms with van der Waals surface area (Å²) in [5.41, 5.74) is 2.97. The molecule has 0 aliphatic rings. The molecule has 0 radical (unpaired) electrons. The van der Waals surface area contributed by atoms with Gasteiger partial charge in [0.1, 0.15) is 4.60 Å². The third-order valence-corrected chi connectivity index (χ3v) is 4.04. The van der Waals surface area contributed by atoms with E-state index in [0.29, 0.717) is 0 Å². The highest BCUT2D eigenvalue weighted by molar-refractivity contribution is 9.10. The van der Waals surface area contributed by atoms with Gasteiger partial charge in [0.05, 0.1) is 11.2 Å². The van der Waals surface area contributed by atoms with Crippen LogP contribution in [0.3, 0.4) is 0 Å². The molecule has 3 rings (SSSR count). The van der Waals surface area contributed by atoms with Crippen molar-refractivity contribution in [2.45, 2.75) is 6.92 Å². The van der Waals surface area contributed by atoms with E-state index in [9.17, 15) is 0 Å². The van der Waals surface area contributed by atoms with Gasteiger partial charge < -0.3 is 5.32 Å². The lowest BCUT2D eigenvalue weighted by Crippen LogP contribution is -1.93. The van der Waals surface area contributed by atoms with Crippen molar-refractivity contribution in [2.24, 2.45) is 0 Å². The van der Waals surface area contributed by atoms with E-state index in [-0.39, 0.29) is 0 Å². The number of benzene rings is 1. The number of pyridine rings is 1. The van der Waals surface area contributed by atoms with Crippen molar-refractivity contribution in [1.29, 1.82) is 0 Å². The van der Waals surface area contributed by atoms with Crippen molar-refractivity contribution in [3.63, 3.8) is 0 Å². The minimum atomic E-state index is 0.847. The maximum absolute atomic E-state index is 4.58. The van der Waals surface area contributed by atoms with Crippen molar-refractivity contribution >= 4 is 49.0 Å². The molecular formula is C13H10BrN3S. The lowest BCUT2D eigenvalue weighted by atomic mass is 10.2. The monoisotopic (exact) mass is 319 g/mol. The minimum absolute atomic E-state index is 0.847. The van der Waals surface area contributed by atoms with Crippen LogP contribution in [-0.2, 0) is 0 Å². The van der Waals surface area contributed by atoms with Crippen molar-refractivity contribution in [3.05, 3.63) is 46.0 Å². The molecule has 0 bridgehead atoms. The molecule has 0 amide bonds. The average Bonchev–Trinajstić information content (AvgIpc) is 2.76. The van der Waals surface area contributed by atoms with Gasteiger partial charge in [0, 0.05) is 16.5 Å². The molecule has 3 nitrogen and oxygen atoms in total. The van der Waals surface area contributed by atoms with Gasteiger partial charge in [-0.2, -0.15) is 0 Å². The molecule has 3 aromatic rings. The second-order valence-electron chi connectivity index (χ2n) is 3.93. The van der Waals surface area contributed by atoms with Crippen molar-refractivity contribution in [2.75, 3.05) is 5.32 Å². The first-order chi connectivity index (χ1) is 8.72. The molecule has 0 fully saturated rings. The summed E-state index contributed by atoms with van der Waals surface area (Å²) in [4.78, 5) is 8.91. The molecule has 0 spiro atoms. The fourth-order valence-electron chi connectivity index (χ4n) is 1.77. The number of para-hydroxylation sites is 1. The third-order valence-electron chi connectivity index (χ3n) is 2.58. The maximum Gasteiger partial charge on any atom is 0.188 e. The lowest BCUT2D eigenvalue weighted by molar-refractivity contribution is 1.25. The van der Waals surface area contributed by atoms with E-state index in [2.05, 4.69) is 43.3 Å². The molecule has 1 N–H and O–H groups in total. The van der Waals surface area contributed by atoms with E-state index in [4.69, 9.17) is 0 Å². The molecule has 2 heterocycles. The summed E-state index contributed by atoms with van der Waals surface area (Å²) in [6.07, 6.45) is 0. The molecule has 90 valence electrons. The van der Waals surface area contributed by atoms with E-state index >= 15 is 0 Å². The summed E-state index contributed by atoms with van der Waals surface area (Å²) in [7, 11) is 0. The third kappa shape index (κ3) is 2.23. The van der Waals surface area contributed by atoms with Gasteiger partial charge >= 0.3 is 0 Å². The number of thiazole rings is 1. The topological polar surface area (TPSA) is 37.8 Å². The number of nitrogens with zero attached hydrogens (tertiary/aromatic N) is 2. The Hall–Kier alpha value is -1.46. The van der Waals surface area contributed by atoms with Crippen LogP contribution in [0.15, 0.2) is 40.3 Å². The Morgan fingerprint density at radius 1 is 1.17 bits per heavy atom. The van der Waals surface area contributed by atoms with Gasteiger partial charge in [-0.15, -0.1) is 11.3 Å². The molecular weight excluding hydrogens is 310 g/mol. The molecule has 0 atom stereocenters. The predicted molar refractivity (Wildman–Crippen MR) is 79.6 cm³/mol.